The fourth-order valence-corrected chi connectivity index (χ4v) is 1.07. The highest BCUT2D eigenvalue weighted by Gasteiger charge is 2.06. The van der Waals surface area contributed by atoms with Gasteiger partial charge < -0.3 is 9.84 Å². The van der Waals surface area contributed by atoms with Crippen LogP contribution in [0.1, 0.15) is 11.7 Å². The lowest BCUT2D eigenvalue weighted by Crippen LogP contribution is -2.00. The predicted octanol–water partition coefficient (Wildman–Crippen LogP) is 2.04. The van der Waals surface area contributed by atoms with E-state index in [0.29, 0.717) is 11.3 Å². The number of azide groups is 1. The molecule has 0 unspecified atom stereocenters. The molecular weight excluding hydrogens is 182 g/mol. The lowest BCUT2D eigenvalue weighted by Gasteiger charge is -2.08. The van der Waals surface area contributed by atoms with Crippen molar-refractivity contribution in [1.82, 2.24) is 0 Å². The predicted molar refractivity (Wildman–Crippen MR) is 52.0 cm³/mol. The fraction of sp³-hybridized carbons (Fsp3) is 0.333. The molecule has 14 heavy (non-hydrogen) atoms. The van der Waals surface area contributed by atoms with Crippen molar-refractivity contribution in [2.24, 2.45) is 5.11 Å². The highest BCUT2D eigenvalue weighted by Crippen LogP contribution is 2.19. The molecule has 0 aliphatic heterocycles. The molecule has 5 heteroatoms. The number of aliphatic hydroxyl groups is 1. The standard InChI is InChI=1S/C9H11N3O2/c1-14-8-4-2-3-7(5-8)9(13)6-11-12-10/h2-5,9,13H,6H2,1H3/t9-/m1/s1. The summed E-state index contributed by atoms with van der Waals surface area (Å²) in [6.45, 7) is 0.0314. The average Bonchev–Trinajstić information content (AvgIpc) is 2.26. The average molecular weight is 193 g/mol. The first-order chi connectivity index (χ1) is 6.77. The molecule has 0 saturated heterocycles. The third-order valence-corrected chi connectivity index (χ3v) is 1.80. The van der Waals surface area contributed by atoms with Gasteiger partial charge in [0.05, 0.1) is 19.8 Å². The van der Waals surface area contributed by atoms with Crippen molar-refractivity contribution < 1.29 is 9.84 Å². The van der Waals surface area contributed by atoms with Crippen LogP contribution in [-0.4, -0.2) is 18.8 Å². The van der Waals surface area contributed by atoms with E-state index in [2.05, 4.69) is 10.0 Å². The van der Waals surface area contributed by atoms with Gasteiger partial charge in [-0.05, 0) is 23.2 Å². The van der Waals surface area contributed by atoms with Crippen LogP contribution in [0.4, 0.5) is 0 Å². The molecule has 1 aromatic carbocycles. The van der Waals surface area contributed by atoms with E-state index in [-0.39, 0.29) is 6.54 Å². The van der Waals surface area contributed by atoms with E-state index in [1.165, 1.54) is 0 Å². The fourth-order valence-electron chi connectivity index (χ4n) is 1.07. The van der Waals surface area contributed by atoms with Crippen molar-refractivity contribution in [3.05, 3.63) is 40.3 Å². The van der Waals surface area contributed by atoms with Crippen LogP contribution >= 0.6 is 0 Å². The minimum atomic E-state index is -0.777. The summed E-state index contributed by atoms with van der Waals surface area (Å²) in [6, 6.07) is 7.01. The Balaban J connectivity index is 2.78. The van der Waals surface area contributed by atoms with Crippen LogP contribution in [0.15, 0.2) is 29.4 Å². The molecule has 1 aromatic rings. The zero-order valence-electron chi connectivity index (χ0n) is 7.79. The van der Waals surface area contributed by atoms with Gasteiger partial charge in [0, 0.05) is 4.91 Å². The minimum absolute atomic E-state index is 0.0314. The molecule has 5 nitrogen and oxygen atoms in total. The Bertz CT molecular complexity index is 348. The van der Waals surface area contributed by atoms with Crippen molar-refractivity contribution in [2.75, 3.05) is 13.7 Å². The van der Waals surface area contributed by atoms with E-state index in [4.69, 9.17) is 10.3 Å². The lowest BCUT2D eigenvalue weighted by atomic mass is 10.1. The highest BCUT2D eigenvalue weighted by molar-refractivity contribution is 5.29. The topological polar surface area (TPSA) is 78.2 Å². The van der Waals surface area contributed by atoms with Gasteiger partial charge in [-0.3, -0.25) is 0 Å². The van der Waals surface area contributed by atoms with Gasteiger partial charge in [0.15, 0.2) is 0 Å². The van der Waals surface area contributed by atoms with E-state index < -0.39 is 6.10 Å². The first-order valence-electron chi connectivity index (χ1n) is 4.11. The summed E-state index contributed by atoms with van der Waals surface area (Å²) in [4.78, 5) is 2.58. The molecule has 0 aliphatic carbocycles. The number of ether oxygens (including phenoxy) is 1. The second-order valence-electron chi connectivity index (χ2n) is 2.71. The van der Waals surface area contributed by atoms with Gasteiger partial charge >= 0.3 is 0 Å². The number of aliphatic hydroxyl groups excluding tert-OH is 1. The molecule has 0 aromatic heterocycles. The largest absolute Gasteiger partial charge is 0.497 e. The SMILES string of the molecule is COc1cccc([C@H](O)CN=[N+]=[N-])c1. The molecule has 74 valence electrons. The molecule has 0 saturated carbocycles. The number of methoxy groups -OCH3 is 1. The van der Waals surface area contributed by atoms with Gasteiger partial charge in [0.25, 0.3) is 0 Å². The van der Waals surface area contributed by atoms with Crippen molar-refractivity contribution in [1.29, 1.82) is 0 Å². The van der Waals surface area contributed by atoms with Crippen molar-refractivity contribution in [3.63, 3.8) is 0 Å². The van der Waals surface area contributed by atoms with Gasteiger partial charge in [-0.15, -0.1) is 0 Å². The van der Waals surface area contributed by atoms with Gasteiger partial charge in [0.2, 0.25) is 0 Å². The summed E-state index contributed by atoms with van der Waals surface area (Å²) >= 11 is 0. The number of hydrogen-bond acceptors (Lipinski definition) is 3. The van der Waals surface area contributed by atoms with Crippen LogP contribution in [0.3, 0.4) is 0 Å². The summed E-state index contributed by atoms with van der Waals surface area (Å²) in [5, 5.41) is 12.8. The Hall–Kier alpha value is -1.71. The smallest absolute Gasteiger partial charge is 0.119 e. The normalized spacial score (nSPS) is 11.6. The van der Waals surface area contributed by atoms with Crippen LogP contribution < -0.4 is 4.74 Å². The van der Waals surface area contributed by atoms with E-state index >= 15 is 0 Å². The monoisotopic (exact) mass is 193 g/mol. The molecule has 0 heterocycles. The van der Waals surface area contributed by atoms with Crippen LogP contribution in [0.25, 0.3) is 10.4 Å². The van der Waals surface area contributed by atoms with Crippen LogP contribution in [0, 0.1) is 0 Å². The number of hydrogen-bond donors (Lipinski definition) is 1. The third-order valence-electron chi connectivity index (χ3n) is 1.80. The molecule has 0 bridgehead atoms. The minimum Gasteiger partial charge on any atom is -0.497 e. The lowest BCUT2D eigenvalue weighted by molar-refractivity contribution is 0.186. The van der Waals surface area contributed by atoms with Gasteiger partial charge in [0.1, 0.15) is 5.75 Å². The summed E-state index contributed by atoms with van der Waals surface area (Å²) in [5.41, 5.74) is 8.76. The summed E-state index contributed by atoms with van der Waals surface area (Å²) in [6.07, 6.45) is -0.777. The van der Waals surface area contributed by atoms with Crippen LogP contribution in [-0.2, 0) is 0 Å². The molecule has 0 spiro atoms. The van der Waals surface area contributed by atoms with Crippen molar-refractivity contribution in [3.8, 4) is 5.75 Å². The third kappa shape index (κ3) is 2.65. The second kappa shape index (κ2) is 5.11. The molecule has 0 aliphatic rings. The first-order valence-corrected chi connectivity index (χ1v) is 4.11. The van der Waals surface area contributed by atoms with Crippen molar-refractivity contribution in [2.45, 2.75) is 6.10 Å². The highest BCUT2D eigenvalue weighted by atomic mass is 16.5. The molecule has 0 fully saturated rings. The molecule has 1 rings (SSSR count). The molecule has 1 atom stereocenters. The molecule has 0 amide bonds. The first kappa shape index (κ1) is 10.4. The Morgan fingerprint density at radius 1 is 1.64 bits per heavy atom. The van der Waals surface area contributed by atoms with Crippen LogP contribution in [0.2, 0.25) is 0 Å². The van der Waals surface area contributed by atoms with Gasteiger partial charge in [-0.1, -0.05) is 17.2 Å². The summed E-state index contributed by atoms with van der Waals surface area (Å²) in [5.74, 6) is 0.669. The number of benzene rings is 1. The Morgan fingerprint density at radius 3 is 3.07 bits per heavy atom. The summed E-state index contributed by atoms with van der Waals surface area (Å²) in [7, 11) is 1.55. The molecular formula is C9H11N3O2. The number of rotatable bonds is 4. The maximum absolute atomic E-state index is 9.55. The maximum Gasteiger partial charge on any atom is 0.119 e. The second-order valence-corrected chi connectivity index (χ2v) is 2.71. The Morgan fingerprint density at radius 2 is 2.43 bits per heavy atom. The zero-order valence-corrected chi connectivity index (χ0v) is 7.79. The van der Waals surface area contributed by atoms with Crippen molar-refractivity contribution >= 4 is 0 Å². The van der Waals surface area contributed by atoms with Gasteiger partial charge in [-0.2, -0.15) is 0 Å². The Labute approximate surface area is 81.6 Å². The van der Waals surface area contributed by atoms with E-state index in [1.54, 1.807) is 31.4 Å². The van der Waals surface area contributed by atoms with Crippen LogP contribution in [0.5, 0.6) is 5.75 Å². The molecule has 1 N–H and O–H groups in total. The number of nitrogens with zero attached hydrogens (tertiary/aromatic N) is 3. The quantitative estimate of drug-likeness (QED) is 0.451. The van der Waals surface area contributed by atoms with E-state index in [0.717, 1.165) is 0 Å². The van der Waals surface area contributed by atoms with E-state index in [9.17, 15) is 5.11 Å². The zero-order chi connectivity index (χ0) is 10.4. The van der Waals surface area contributed by atoms with E-state index in [1.807, 2.05) is 0 Å². The van der Waals surface area contributed by atoms with Gasteiger partial charge in [-0.25, -0.2) is 0 Å². The molecule has 0 radical (unpaired) electrons. The maximum atomic E-state index is 9.55. The summed E-state index contributed by atoms with van der Waals surface area (Å²) < 4.78 is 4.99. The Kier molecular flexibility index (Phi) is 3.79.